The molecule has 11 heterocycles. The summed E-state index contributed by atoms with van der Waals surface area (Å²) in [5.41, 5.74) is 0. The van der Waals surface area contributed by atoms with Crippen molar-refractivity contribution in [1.82, 2.24) is 21.3 Å². The minimum atomic E-state index is -2.92. The lowest BCUT2D eigenvalue weighted by Gasteiger charge is -2.51. The summed E-state index contributed by atoms with van der Waals surface area (Å²) in [6.45, 7) is -5.30. The fourth-order valence-corrected chi connectivity index (χ4v) is 19.2. The summed E-state index contributed by atoms with van der Waals surface area (Å²) in [5.74, 6) is -11.5. The molecule has 11 aliphatic rings. The van der Waals surface area contributed by atoms with Crippen LogP contribution in [-0.2, 0) is 138 Å². The van der Waals surface area contributed by atoms with Gasteiger partial charge in [-0.2, -0.15) is 0 Å². The first kappa shape index (κ1) is 121. The molecule has 0 aromatic heterocycles. The largest absolute Gasteiger partial charge is 0.410 e. The van der Waals surface area contributed by atoms with Crippen LogP contribution in [0.2, 0.25) is 0 Å². The molecule has 0 saturated carbocycles. The lowest BCUT2D eigenvalue weighted by molar-refractivity contribution is -0.448. The Labute approximate surface area is 828 Å². The van der Waals surface area contributed by atoms with Crippen LogP contribution in [-0.4, -0.2) is 599 Å². The fourth-order valence-electron chi connectivity index (χ4n) is 19.2. The Bertz CT molecular complexity index is 4070. The van der Waals surface area contributed by atoms with Gasteiger partial charge < -0.3 is 283 Å². The van der Waals surface area contributed by atoms with Crippen molar-refractivity contribution in [3.63, 3.8) is 0 Å². The molecule has 0 radical (unpaired) electrons. The maximum Gasteiger partial charge on any atom is 0.332 e. The van der Waals surface area contributed by atoms with E-state index in [4.69, 9.17) is 109 Å². The van der Waals surface area contributed by atoms with Crippen molar-refractivity contribution in [1.29, 1.82) is 0 Å². The highest BCUT2D eigenvalue weighted by Crippen LogP contribution is 2.45. The summed E-state index contributed by atoms with van der Waals surface area (Å²) in [6.07, 6.45) is -106. The van der Waals surface area contributed by atoms with Gasteiger partial charge in [0.05, 0.1) is 122 Å². The Hall–Kier alpha value is -5.22. The number of carbonyl (C=O) groups is 6. The topological polar surface area (TPSA) is 970 Å². The second-order valence-electron chi connectivity index (χ2n) is 37.4. The highest BCUT2D eigenvalue weighted by Gasteiger charge is 2.65. The van der Waals surface area contributed by atoms with E-state index >= 15 is 0 Å². The van der Waals surface area contributed by atoms with E-state index in [2.05, 4.69) is 21.3 Å². The molecule has 0 aromatic carbocycles. The first-order chi connectivity index (χ1) is 69.0. The van der Waals surface area contributed by atoms with Crippen molar-refractivity contribution in [2.75, 3.05) is 72.7 Å². The molecule has 0 spiro atoms. The monoisotopic (exact) mass is 2130 g/mol. The standard InChI is InChI=1S/C83H138N4O59/c1-23-30(103)8-82(126-21-97,144-64(23)47(107)32(105)10-88)125-20-42-51(111)58(118)61(121)77(136-42)138-67-38(16-94)133-75(45(56(67)116)86-28(6)101)142-72-59(119)49(109)34(12-90)130-80(72)124-19-41-53(113)70(62(122)78(135-41)139-68-39(17-95)132-74(44(55(68)115)85-27(5)100)137-66-37(15-93)128-25(3)43(54(66)114)84-26(4)99)141-81-73(60(120)50(110)35(13-91)131-81)143-76-46(87-29(7)102)57(117)69(40(18-96)134-76)140-79-63(123)71(52(112)36(14-92)129-79)146-83(127-22-98)9-31(104)24(2)65(145-83)48(108)33(106)11-89/h21-25,30-81,88-96,103-123H,8-20H2,1-7H3,(H,84,99)(H,85,100)(H,86,101)(H,87,102)/t23-,24-,25+,30-,31-,32?,33?,34?,35?,36?,37?,38+,39?,40?,41?,42?,43?,44?,45?,46?,47?,48?,49-,50-,51+,52+,53-,54-,55-,56?,57-,58+,59+,60?,61?,62?,63?,64?,65?,66-,67-,68-,69-,70+,71+,72?,73?,74+,75+,76+,77+,78+,79+,80+,81-,82+,83+/m1/s1. The highest BCUT2D eigenvalue weighted by atomic mass is 16.9. The molecule has 57 atom stereocenters. The second kappa shape index (κ2) is 52.8. The van der Waals surface area contributed by atoms with Gasteiger partial charge in [0.25, 0.3) is 12.9 Å². The van der Waals surface area contributed by atoms with E-state index in [9.17, 15) is 182 Å². The van der Waals surface area contributed by atoms with E-state index in [-0.39, 0.29) is 12.9 Å². The third-order valence-electron chi connectivity index (χ3n) is 27.3. The Balaban J connectivity index is 0.896. The van der Waals surface area contributed by atoms with E-state index in [1.807, 2.05) is 0 Å². The van der Waals surface area contributed by atoms with E-state index in [1.54, 1.807) is 0 Å². The van der Waals surface area contributed by atoms with E-state index in [1.165, 1.54) is 20.8 Å². The van der Waals surface area contributed by atoms with Crippen LogP contribution in [0.1, 0.15) is 61.3 Å². The van der Waals surface area contributed by atoms with Gasteiger partial charge in [-0.3, -0.25) is 28.8 Å². The van der Waals surface area contributed by atoms with Crippen molar-refractivity contribution >= 4 is 36.6 Å². The summed E-state index contributed by atoms with van der Waals surface area (Å²) in [4.78, 5) is 76.3. The average Bonchev–Trinajstić information content (AvgIpc) is 0.759. The van der Waals surface area contributed by atoms with Gasteiger partial charge >= 0.3 is 11.9 Å². The van der Waals surface area contributed by atoms with Crippen molar-refractivity contribution in [2.24, 2.45) is 11.8 Å². The quantitative estimate of drug-likeness (QED) is 0.0199. The molecule has 25 unspecified atom stereocenters. The van der Waals surface area contributed by atoms with Crippen LogP contribution in [0.25, 0.3) is 0 Å². The van der Waals surface area contributed by atoms with Gasteiger partial charge in [-0.05, 0) is 6.92 Å². The molecule has 34 N–H and O–H groups in total. The zero-order valence-electron chi connectivity index (χ0n) is 79.4. The minimum Gasteiger partial charge on any atom is -0.410 e. The molecule has 146 heavy (non-hydrogen) atoms. The summed E-state index contributed by atoms with van der Waals surface area (Å²) >= 11 is 0. The molecule has 11 fully saturated rings. The number of rotatable bonds is 43. The van der Waals surface area contributed by atoms with Crippen LogP contribution in [0.4, 0.5) is 0 Å². The number of hydrogen-bond acceptors (Lipinski definition) is 59. The summed E-state index contributed by atoms with van der Waals surface area (Å²) < 4.78 is 137. The van der Waals surface area contributed by atoms with Crippen molar-refractivity contribution in [2.45, 2.75) is 398 Å². The zero-order valence-corrected chi connectivity index (χ0v) is 79.4. The minimum absolute atomic E-state index is 0.202. The molecule has 11 aliphatic heterocycles. The molecule has 11 saturated heterocycles. The third-order valence-corrected chi connectivity index (χ3v) is 27.3. The van der Waals surface area contributed by atoms with Crippen molar-refractivity contribution in [3.8, 4) is 0 Å². The number of hydrogen-bond donors (Lipinski definition) is 34. The maximum absolute atomic E-state index is 13.4. The van der Waals surface area contributed by atoms with E-state index in [0.29, 0.717) is 0 Å². The lowest BCUT2D eigenvalue weighted by atomic mass is 9.87. The average molecular weight is 2140 g/mol. The zero-order chi connectivity index (χ0) is 108. The van der Waals surface area contributed by atoms with Gasteiger partial charge in [-0.15, -0.1) is 0 Å². The normalized spacial score (nSPS) is 47.5. The van der Waals surface area contributed by atoms with Crippen LogP contribution < -0.4 is 21.3 Å². The first-order valence-electron chi connectivity index (χ1n) is 46.9. The Kier molecular flexibility index (Phi) is 43.8. The SMILES string of the molecule is CC(=O)NC1C(O)[C@H](O[C@@H]2OC(CO[C@]3(OC=O)C[C@@H](O)[C@@H](C)C(C(O)C(O)CO)O3)[C@H](O)[C@H](O)C2O)[C@H](CO)O[C@H]1OC1[C@@H](OCC2O[C@@H](O[C@@H]3C(CO)O[C@@H](O[C@@H]4C(CO)O[C@@H](C)C(NC(C)=O)[C@H]4O)C(NC(C)=O)[C@H]3O)C(O)[C@@H](O[C@H]3OC(CO)[C@@H](O)C(O)C3O[C@@H]3OC(CO)[C@@H](O[C@@H]4OC(CO)[C@H](O)[C@H](O[C@]5(OC=O)C[C@@H](O)[C@@H](C)C(C(O)C(O)CO)O5)C4O)[C@H](O)C3NC(C)=O)[C@@H]2O)OC(CO)[C@@H](O)[C@@H]1O. The van der Waals surface area contributed by atoms with Gasteiger partial charge in [0, 0.05) is 39.5 Å². The number of nitrogens with one attached hydrogen (secondary N) is 4. The van der Waals surface area contributed by atoms with Crippen LogP contribution in [0, 0.1) is 11.8 Å². The summed E-state index contributed by atoms with van der Waals surface area (Å²) in [6, 6.07) is -7.40. The molecular weight excluding hydrogens is 2000 g/mol. The summed E-state index contributed by atoms with van der Waals surface area (Å²) in [5, 5.41) is 350. The Morgan fingerprint density at radius 3 is 1.03 bits per heavy atom. The number of aliphatic hydroxyl groups excluding tert-OH is 30. The highest BCUT2D eigenvalue weighted by molar-refractivity contribution is 5.74. The fraction of sp³-hybridized carbons (Fsp3) is 0.928. The first-order valence-corrected chi connectivity index (χ1v) is 46.9. The maximum atomic E-state index is 13.4. The number of aliphatic hydroxyl groups is 30. The van der Waals surface area contributed by atoms with E-state index < -0.39 is 458 Å². The molecule has 11 rings (SSSR count). The van der Waals surface area contributed by atoms with Crippen molar-refractivity contribution in [3.05, 3.63) is 0 Å². The Morgan fingerprint density at radius 2 is 0.616 bits per heavy atom. The lowest BCUT2D eigenvalue weighted by Crippen LogP contribution is -2.71. The van der Waals surface area contributed by atoms with Crippen LogP contribution >= 0.6 is 0 Å². The number of carbonyl (C=O) groups excluding carboxylic acids is 6. The van der Waals surface area contributed by atoms with Gasteiger partial charge in [-0.1, -0.05) is 13.8 Å². The molecule has 4 amide bonds. The molecule has 844 valence electrons. The third kappa shape index (κ3) is 26.9. The predicted molar refractivity (Wildman–Crippen MR) is 452 cm³/mol. The van der Waals surface area contributed by atoms with Crippen LogP contribution in [0.15, 0.2) is 0 Å². The second-order valence-corrected chi connectivity index (χ2v) is 37.4. The molecule has 63 heteroatoms. The van der Waals surface area contributed by atoms with E-state index in [0.717, 1.165) is 27.7 Å². The van der Waals surface area contributed by atoms with Gasteiger partial charge in [-0.25, -0.2) is 0 Å². The number of ether oxygens (including phenoxy) is 23. The van der Waals surface area contributed by atoms with Gasteiger partial charge in [0.1, 0.15) is 238 Å². The molecule has 63 nitrogen and oxygen atoms in total. The smallest absolute Gasteiger partial charge is 0.332 e. The number of amides is 4. The predicted octanol–water partition coefficient (Wildman–Crippen LogP) is -22.3. The van der Waals surface area contributed by atoms with Crippen LogP contribution in [0.5, 0.6) is 0 Å². The van der Waals surface area contributed by atoms with Gasteiger partial charge in [0.2, 0.25) is 23.6 Å². The molecule has 0 aromatic rings. The summed E-state index contributed by atoms with van der Waals surface area (Å²) in [7, 11) is 0. The van der Waals surface area contributed by atoms with Crippen LogP contribution in [0.3, 0.4) is 0 Å². The van der Waals surface area contributed by atoms with Crippen molar-refractivity contribution < 1.29 is 291 Å². The van der Waals surface area contributed by atoms with Gasteiger partial charge in [0.15, 0.2) is 50.3 Å². The molecular formula is C83H138N4O59. The molecule has 0 aliphatic carbocycles. The molecule has 0 bridgehead atoms. The Morgan fingerprint density at radius 1 is 0.315 bits per heavy atom.